The fourth-order valence-corrected chi connectivity index (χ4v) is 1.93. The van der Waals surface area contributed by atoms with Crippen LogP contribution < -0.4 is 5.32 Å². The zero-order valence-corrected chi connectivity index (χ0v) is 7.48. The van der Waals surface area contributed by atoms with Crippen LogP contribution >= 0.6 is 0 Å². The predicted octanol–water partition coefficient (Wildman–Crippen LogP) is 0.377. The third kappa shape index (κ3) is 1.71. The van der Waals surface area contributed by atoms with Crippen molar-refractivity contribution in [2.75, 3.05) is 19.7 Å². The zero-order valence-electron chi connectivity index (χ0n) is 7.48. The van der Waals surface area contributed by atoms with Gasteiger partial charge in [-0.2, -0.15) is 0 Å². The maximum absolute atomic E-state index is 9.14. The van der Waals surface area contributed by atoms with Crippen LogP contribution in [0.5, 0.6) is 0 Å². The van der Waals surface area contributed by atoms with Gasteiger partial charge in [0.05, 0.1) is 0 Å². The lowest BCUT2D eigenvalue weighted by atomic mass is 9.90. The molecule has 0 spiro atoms. The average Bonchev–Trinajstić information content (AvgIpc) is 2.67. The summed E-state index contributed by atoms with van der Waals surface area (Å²) in [4.78, 5) is 3.98. The molecule has 0 radical (unpaired) electrons. The molecule has 70 valence electrons. The van der Waals surface area contributed by atoms with E-state index in [0.29, 0.717) is 11.8 Å². The topological polar surface area (TPSA) is 45.1 Å². The number of aromatic nitrogens is 1. The van der Waals surface area contributed by atoms with Crippen LogP contribution in [0.4, 0.5) is 0 Å². The molecule has 1 aliphatic heterocycles. The molecule has 1 saturated heterocycles. The Morgan fingerprint density at radius 3 is 2.85 bits per heavy atom. The Kier molecular flexibility index (Phi) is 2.57. The summed E-state index contributed by atoms with van der Waals surface area (Å²) in [5.74, 6) is 0.815. The van der Waals surface area contributed by atoms with Crippen molar-refractivity contribution in [2.24, 2.45) is 5.92 Å². The van der Waals surface area contributed by atoms with Crippen LogP contribution in [0.2, 0.25) is 0 Å². The quantitative estimate of drug-likeness (QED) is 0.688. The molecule has 1 aliphatic rings. The minimum Gasteiger partial charge on any atom is -0.396 e. The van der Waals surface area contributed by atoms with Crippen molar-refractivity contribution >= 4 is 0 Å². The SMILES string of the molecule is OC[C@H]1CNC[C@@H]1c1ccncc1. The van der Waals surface area contributed by atoms with E-state index in [9.17, 15) is 0 Å². The number of aliphatic hydroxyl groups excluding tert-OH is 1. The Balaban J connectivity index is 2.16. The molecule has 0 saturated carbocycles. The summed E-state index contributed by atoms with van der Waals surface area (Å²) in [6.07, 6.45) is 3.62. The molecule has 1 fully saturated rings. The summed E-state index contributed by atoms with van der Waals surface area (Å²) in [7, 11) is 0. The Bertz CT molecular complexity index is 263. The Morgan fingerprint density at radius 2 is 2.15 bits per heavy atom. The van der Waals surface area contributed by atoms with Crippen molar-refractivity contribution in [1.29, 1.82) is 0 Å². The lowest BCUT2D eigenvalue weighted by Gasteiger charge is -2.15. The van der Waals surface area contributed by atoms with Gasteiger partial charge in [-0.3, -0.25) is 4.98 Å². The van der Waals surface area contributed by atoms with Crippen molar-refractivity contribution in [3.63, 3.8) is 0 Å². The molecule has 2 N–H and O–H groups in total. The summed E-state index contributed by atoms with van der Waals surface area (Å²) < 4.78 is 0. The summed E-state index contributed by atoms with van der Waals surface area (Å²) >= 11 is 0. The van der Waals surface area contributed by atoms with Gasteiger partial charge in [0.15, 0.2) is 0 Å². The van der Waals surface area contributed by atoms with Crippen LogP contribution in [0.25, 0.3) is 0 Å². The average molecular weight is 178 g/mol. The molecule has 0 bridgehead atoms. The molecule has 2 atom stereocenters. The minimum absolute atomic E-state index is 0.264. The van der Waals surface area contributed by atoms with E-state index in [1.807, 2.05) is 24.5 Å². The second kappa shape index (κ2) is 3.85. The van der Waals surface area contributed by atoms with Crippen molar-refractivity contribution in [3.8, 4) is 0 Å². The van der Waals surface area contributed by atoms with E-state index < -0.39 is 0 Å². The molecule has 13 heavy (non-hydrogen) atoms. The number of hydrogen-bond donors (Lipinski definition) is 2. The predicted molar refractivity (Wildman–Crippen MR) is 50.4 cm³/mol. The molecule has 0 unspecified atom stereocenters. The number of hydrogen-bond acceptors (Lipinski definition) is 3. The van der Waals surface area contributed by atoms with E-state index in [-0.39, 0.29) is 6.61 Å². The highest BCUT2D eigenvalue weighted by atomic mass is 16.3. The van der Waals surface area contributed by atoms with Crippen molar-refractivity contribution in [3.05, 3.63) is 30.1 Å². The number of nitrogens with zero attached hydrogens (tertiary/aromatic N) is 1. The zero-order chi connectivity index (χ0) is 9.10. The van der Waals surface area contributed by atoms with E-state index >= 15 is 0 Å². The number of nitrogens with one attached hydrogen (secondary N) is 1. The van der Waals surface area contributed by atoms with E-state index in [1.165, 1.54) is 5.56 Å². The number of rotatable bonds is 2. The monoisotopic (exact) mass is 178 g/mol. The van der Waals surface area contributed by atoms with Crippen LogP contribution in [0.3, 0.4) is 0 Å². The lowest BCUT2D eigenvalue weighted by Crippen LogP contribution is -2.14. The molecule has 3 heteroatoms. The van der Waals surface area contributed by atoms with Gasteiger partial charge in [-0.1, -0.05) is 0 Å². The van der Waals surface area contributed by atoms with Crippen LogP contribution in [0, 0.1) is 5.92 Å². The van der Waals surface area contributed by atoms with E-state index in [0.717, 1.165) is 13.1 Å². The van der Waals surface area contributed by atoms with Gasteiger partial charge in [-0.05, 0) is 17.7 Å². The van der Waals surface area contributed by atoms with Gasteiger partial charge in [-0.25, -0.2) is 0 Å². The first-order chi connectivity index (χ1) is 6.42. The Labute approximate surface area is 77.8 Å². The highest BCUT2D eigenvalue weighted by Gasteiger charge is 2.27. The summed E-state index contributed by atoms with van der Waals surface area (Å²) in [5, 5.41) is 12.4. The van der Waals surface area contributed by atoms with Crippen molar-refractivity contribution < 1.29 is 5.11 Å². The molecule has 1 aromatic rings. The van der Waals surface area contributed by atoms with Gasteiger partial charge in [0, 0.05) is 43.9 Å². The highest BCUT2D eigenvalue weighted by molar-refractivity contribution is 5.19. The normalized spacial score (nSPS) is 27.8. The molecule has 0 aromatic carbocycles. The second-order valence-electron chi connectivity index (χ2n) is 3.49. The molecule has 3 nitrogen and oxygen atoms in total. The van der Waals surface area contributed by atoms with Crippen LogP contribution in [-0.4, -0.2) is 29.8 Å². The molecule has 2 heterocycles. The van der Waals surface area contributed by atoms with Crippen molar-refractivity contribution in [2.45, 2.75) is 5.92 Å². The van der Waals surface area contributed by atoms with E-state index in [4.69, 9.17) is 5.11 Å². The Morgan fingerprint density at radius 1 is 1.38 bits per heavy atom. The maximum Gasteiger partial charge on any atom is 0.0477 e. The molecular formula is C10H14N2O. The number of aliphatic hydroxyl groups is 1. The first kappa shape index (κ1) is 8.66. The van der Waals surface area contributed by atoms with Crippen LogP contribution in [-0.2, 0) is 0 Å². The first-order valence-corrected chi connectivity index (χ1v) is 4.63. The fourth-order valence-electron chi connectivity index (χ4n) is 1.93. The van der Waals surface area contributed by atoms with Gasteiger partial charge >= 0.3 is 0 Å². The molecular weight excluding hydrogens is 164 g/mol. The summed E-state index contributed by atoms with van der Waals surface area (Å²) in [5.41, 5.74) is 1.28. The molecule has 1 aromatic heterocycles. The molecule has 0 amide bonds. The first-order valence-electron chi connectivity index (χ1n) is 4.63. The third-order valence-corrected chi connectivity index (χ3v) is 2.71. The largest absolute Gasteiger partial charge is 0.396 e. The standard InChI is InChI=1S/C10H14N2O/c13-7-9-5-12-6-10(9)8-1-3-11-4-2-8/h1-4,9-10,12-13H,5-7H2/t9-,10-/m1/s1. The summed E-state index contributed by atoms with van der Waals surface area (Å²) in [6.45, 7) is 2.15. The smallest absolute Gasteiger partial charge is 0.0477 e. The van der Waals surface area contributed by atoms with E-state index in [2.05, 4.69) is 10.3 Å². The Hall–Kier alpha value is -0.930. The third-order valence-electron chi connectivity index (χ3n) is 2.71. The van der Waals surface area contributed by atoms with Crippen molar-refractivity contribution in [1.82, 2.24) is 10.3 Å². The van der Waals surface area contributed by atoms with Gasteiger partial charge < -0.3 is 10.4 Å². The van der Waals surface area contributed by atoms with Gasteiger partial charge in [0.2, 0.25) is 0 Å². The highest BCUT2D eigenvalue weighted by Crippen LogP contribution is 2.26. The van der Waals surface area contributed by atoms with Crippen LogP contribution in [0.1, 0.15) is 11.5 Å². The minimum atomic E-state index is 0.264. The molecule has 0 aliphatic carbocycles. The maximum atomic E-state index is 9.14. The second-order valence-corrected chi connectivity index (χ2v) is 3.49. The van der Waals surface area contributed by atoms with Gasteiger partial charge in [0.25, 0.3) is 0 Å². The fraction of sp³-hybridized carbons (Fsp3) is 0.500. The summed E-state index contributed by atoms with van der Waals surface area (Å²) in [6, 6.07) is 4.06. The lowest BCUT2D eigenvalue weighted by molar-refractivity contribution is 0.226. The van der Waals surface area contributed by atoms with E-state index in [1.54, 1.807) is 0 Å². The number of pyridine rings is 1. The van der Waals surface area contributed by atoms with Gasteiger partial charge in [-0.15, -0.1) is 0 Å². The molecule has 2 rings (SSSR count). The van der Waals surface area contributed by atoms with Gasteiger partial charge in [0.1, 0.15) is 0 Å². The van der Waals surface area contributed by atoms with Crippen LogP contribution in [0.15, 0.2) is 24.5 Å².